The number of likely N-dealkylation sites (N-methyl/N-ethyl adjacent to an activating group) is 1. The molecule has 3 rings (SSSR count). The summed E-state index contributed by atoms with van der Waals surface area (Å²) in [5.74, 6) is 1.03. The number of anilines is 1. The first kappa shape index (κ1) is 17.8. The first-order valence-corrected chi connectivity index (χ1v) is 9.42. The fourth-order valence-electron chi connectivity index (χ4n) is 3.01. The molecule has 0 saturated carbocycles. The van der Waals surface area contributed by atoms with Crippen molar-refractivity contribution in [2.45, 2.75) is 18.2 Å². The lowest BCUT2D eigenvalue weighted by Crippen LogP contribution is -2.38. The molecule has 25 heavy (non-hydrogen) atoms. The number of urea groups is 1. The van der Waals surface area contributed by atoms with Crippen molar-refractivity contribution in [1.82, 2.24) is 19.9 Å². The van der Waals surface area contributed by atoms with Gasteiger partial charge in [0.2, 0.25) is 11.7 Å². The van der Waals surface area contributed by atoms with Gasteiger partial charge in [0.25, 0.3) is 0 Å². The summed E-state index contributed by atoms with van der Waals surface area (Å²) in [6, 6.07) is 7.77. The van der Waals surface area contributed by atoms with E-state index in [1.54, 1.807) is 6.92 Å². The lowest BCUT2D eigenvalue weighted by Gasteiger charge is -2.23. The van der Waals surface area contributed by atoms with Gasteiger partial charge < -0.3 is 19.6 Å². The summed E-state index contributed by atoms with van der Waals surface area (Å²) in [6.07, 6.45) is 2.10. The molecule has 2 heterocycles. The van der Waals surface area contributed by atoms with Crippen LogP contribution in [-0.4, -0.2) is 70.7 Å². The highest BCUT2D eigenvalue weighted by Gasteiger charge is 2.36. The van der Waals surface area contributed by atoms with E-state index < -0.39 is 0 Å². The molecule has 1 aliphatic rings. The number of amides is 2. The van der Waals surface area contributed by atoms with E-state index in [0.29, 0.717) is 23.0 Å². The maximum Gasteiger partial charge on any atom is 0.321 e. The SMILES string of the molecule is CS[C@H]1CN(C(=O)Nc2cccc(-c3noc(C)n3)c2)C[C@@H]1N(C)C. The first-order valence-electron chi connectivity index (χ1n) is 8.14. The molecule has 134 valence electrons. The Labute approximate surface area is 151 Å². The van der Waals surface area contributed by atoms with Gasteiger partial charge in [0.15, 0.2) is 0 Å². The quantitative estimate of drug-likeness (QED) is 0.902. The molecule has 0 unspecified atom stereocenters. The van der Waals surface area contributed by atoms with Gasteiger partial charge in [-0.2, -0.15) is 16.7 Å². The van der Waals surface area contributed by atoms with Gasteiger partial charge in [0.05, 0.1) is 0 Å². The van der Waals surface area contributed by atoms with Crippen LogP contribution in [0.25, 0.3) is 11.4 Å². The van der Waals surface area contributed by atoms with Crippen LogP contribution in [0.15, 0.2) is 28.8 Å². The van der Waals surface area contributed by atoms with E-state index in [0.717, 1.165) is 24.3 Å². The fourth-order valence-corrected chi connectivity index (χ4v) is 3.98. The molecule has 0 aliphatic carbocycles. The maximum atomic E-state index is 12.6. The van der Waals surface area contributed by atoms with Crippen molar-refractivity contribution in [3.05, 3.63) is 30.2 Å². The molecule has 0 bridgehead atoms. The number of benzene rings is 1. The van der Waals surface area contributed by atoms with Crippen molar-refractivity contribution < 1.29 is 9.32 Å². The number of aryl methyl sites for hydroxylation is 1. The van der Waals surface area contributed by atoms with Crippen LogP contribution in [-0.2, 0) is 0 Å². The molecular formula is C17H23N5O2S. The largest absolute Gasteiger partial charge is 0.339 e. The van der Waals surface area contributed by atoms with E-state index in [9.17, 15) is 4.79 Å². The molecule has 0 radical (unpaired) electrons. The summed E-state index contributed by atoms with van der Waals surface area (Å²) in [5, 5.41) is 7.32. The summed E-state index contributed by atoms with van der Waals surface area (Å²) >= 11 is 1.81. The monoisotopic (exact) mass is 361 g/mol. The third kappa shape index (κ3) is 3.96. The number of aromatic nitrogens is 2. The molecule has 1 aromatic carbocycles. The van der Waals surface area contributed by atoms with Crippen molar-refractivity contribution >= 4 is 23.5 Å². The zero-order chi connectivity index (χ0) is 18.0. The number of thioether (sulfide) groups is 1. The summed E-state index contributed by atoms with van der Waals surface area (Å²) in [7, 11) is 4.12. The van der Waals surface area contributed by atoms with Crippen molar-refractivity contribution in [2.24, 2.45) is 0 Å². The van der Waals surface area contributed by atoms with Crippen LogP contribution in [0.2, 0.25) is 0 Å². The van der Waals surface area contributed by atoms with Crippen LogP contribution in [0.5, 0.6) is 0 Å². The number of likely N-dealkylation sites (tertiary alicyclic amines) is 1. The van der Waals surface area contributed by atoms with Crippen LogP contribution in [0.1, 0.15) is 5.89 Å². The van der Waals surface area contributed by atoms with E-state index in [1.807, 2.05) is 40.9 Å². The molecule has 0 spiro atoms. The second-order valence-electron chi connectivity index (χ2n) is 6.36. The molecule has 8 heteroatoms. The van der Waals surface area contributed by atoms with Gasteiger partial charge in [-0.3, -0.25) is 0 Å². The molecule has 2 atom stereocenters. The second-order valence-corrected chi connectivity index (χ2v) is 7.43. The number of nitrogens with one attached hydrogen (secondary N) is 1. The van der Waals surface area contributed by atoms with E-state index in [2.05, 4.69) is 40.7 Å². The number of nitrogens with zero attached hydrogens (tertiary/aromatic N) is 4. The zero-order valence-corrected chi connectivity index (χ0v) is 15.7. The number of rotatable bonds is 4. The molecule has 2 amide bonds. The van der Waals surface area contributed by atoms with Crippen LogP contribution >= 0.6 is 11.8 Å². The Hall–Kier alpha value is -2.06. The van der Waals surface area contributed by atoms with Gasteiger partial charge in [-0.25, -0.2) is 4.79 Å². The standard InChI is InChI=1S/C17H23N5O2S/c1-11-18-16(20-24-11)12-6-5-7-13(8-12)19-17(23)22-9-14(21(2)3)15(10-22)25-4/h5-8,14-15H,9-10H2,1-4H3,(H,19,23)/t14-,15-/m0/s1. The number of hydrogen-bond acceptors (Lipinski definition) is 6. The minimum atomic E-state index is -0.0788. The Balaban J connectivity index is 1.69. The minimum Gasteiger partial charge on any atom is -0.339 e. The van der Waals surface area contributed by atoms with Gasteiger partial charge in [0, 0.05) is 42.6 Å². The van der Waals surface area contributed by atoms with Crippen LogP contribution < -0.4 is 5.32 Å². The van der Waals surface area contributed by atoms with E-state index in [1.165, 1.54) is 0 Å². The fraction of sp³-hybridized carbons (Fsp3) is 0.471. The highest BCUT2D eigenvalue weighted by molar-refractivity contribution is 7.99. The summed E-state index contributed by atoms with van der Waals surface area (Å²) in [5.41, 5.74) is 1.53. The van der Waals surface area contributed by atoms with Crippen molar-refractivity contribution in [2.75, 3.05) is 38.8 Å². The molecule has 1 N–H and O–H groups in total. The molecule has 1 fully saturated rings. The van der Waals surface area contributed by atoms with Crippen LogP contribution in [0.3, 0.4) is 0 Å². The molecular weight excluding hydrogens is 338 g/mol. The molecule has 1 saturated heterocycles. The Kier molecular flexibility index (Phi) is 5.29. The normalized spacial score (nSPS) is 20.3. The van der Waals surface area contributed by atoms with Crippen LogP contribution in [0, 0.1) is 6.92 Å². The van der Waals surface area contributed by atoms with Gasteiger partial charge in [-0.05, 0) is 32.5 Å². The lowest BCUT2D eigenvalue weighted by molar-refractivity contribution is 0.216. The predicted octanol–water partition coefficient (Wildman–Crippen LogP) is 2.55. The topological polar surface area (TPSA) is 74.5 Å². The van der Waals surface area contributed by atoms with Gasteiger partial charge in [-0.1, -0.05) is 17.3 Å². The highest BCUT2D eigenvalue weighted by Crippen LogP contribution is 2.25. The maximum absolute atomic E-state index is 12.6. The zero-order valence-electron chi connectivity index (χ0n) is 14.9. The first-order chi connectivity index (χ1) is 12.0. The van der Waals surface area contributed by atoms with E-state index >= 15 is 0 Å². The smallest absolute Gasteiger partial charge is 0.321 e. The van der Waals surface area contributed by atoms with E-state index in [-0.39, 0.29) is 6.03 Å². The highest BCUT2D eigenvalue weighted by atomic mass is 32.2. The molecule has 1 aromatic heterocycles. The third-order valence-corrected chi connectivity index (χ3v) is 5.46. The Bertz CT molecular complexity index is 748. The van der Waals surface area contributed by atoms with Gasteiger partial charge in [0.1, 0.15) is 0 Å². The Morgan fingerprint density at radius 1 is 1.40 bits per heavy atom. The van der Waals surface area contributed by atoms with Crippen LogP contribution in [0.4, 0.5) is 10.5 Å². The average molecular weight is 361 g/mol. The Morgan fingerprint density at radius 2 is 2.20 bits per heavy atom. The number of hydrogen-bond donors (Lipinski definition) is 1. The van der Waals surface area contributed by atoms with Gasteiger partial charge >= 0.3 is 6.03 Å². The third-order valence-electron chi connectivity index (χ3n) is 4.39. The Morgan fingerprint density at radius 3 is 2.80 bits per heavy atom. The second kappa shape index (κ2) is 7.45. The number of carbonyl (C=O) groups is 1. The molecule has 7 nitrogen and oxygen atoms in total. The average Bonchev–Trinajstić information content (AvgIpc) is 3.21. The number of carbonyl (C=O) groups excluding carboxylic acids is 1. The van der Waals surface area contributed by atoms with Crippen molar-refractivity contribution in [3.8, 4) is 11.4 Å². The summed E-state index contributed by atoms with van der Waals surface area (Å²) in [4.78, 5) is 20.9. The van der Waals surface area contributed by atoms with Crippen molar-refractivity contribution in [1.29, 1.82) is 0 Å². The summed E-state index contributed by atoms with van der Waals surface area (Å²) in [6.45, 7) is 3.23. The van der Waals surface area contributed by atoms with Gasteiger partial charge in [-0.15, -0.1) is 0 Å². The summed E-state index contributed by atoms with van der Waals surface area (Å²) < 4.78 is 5.02. The minimum absolute atomic E-state index is 0.0788. The molecule has 1 aliphatic heterocycles. The predicted molar refractivity (Wildman–Crippen MR) is 99.8 cm³/mol. The lowest BCUT2D eigenvalue weighted by atomic mass is 10.2. The van der Waals surface area contributed by atoms with E-state index in [4.69, 9.17) is 4.52 Å². The molecule has 2 aromatic rings. The van der Waals surface area contributed by atoms with Crippen molar-refractivity contribution in [3.63, 3.8) is 0 Å².